The average molecular weight is 339 g/mol. The van der Waals surface area contributed by atoms with Gasteiger partial charge < -0.3 is 9.64 Å². The van der Waals surface area contributed by atoms with Gasteiger partial charge in [-0.25, -0.2) is 4.39 Å². The Labute approximate surface area is 147 Å². The number of rotatable bonds is 4. The lowest BCUT2D eigenvalue weighted by molar-refractivity contribution is -0.142. The van der Waals surface area contributed by atoms with Crippen molar-refractivity contribution in [1.82, 2.24) is 4.90 Å². The molecule has 2 aliphatic rings. The Kier molecular flexibility index (Phi) is 4.30. The third-order valence-corrected chi connectivity index (χ3v) is 5.27. The van der Waals surface area contributed by atoms with Crippen LogP contribution in [0.1, 0.15) is 17.5 Å². The zero-order chi connectivity index (χ0) is 17.3. The lowest BCUT2D eigenvalue weighted by Gasteiger charge is -2.47. The van der Waals surface area contributed by atoms with Crippen LogP contribution in [0.2, 0.25) is 0 Å². The standard InChI is InChI=1S/C21H22FNO2/c22-18-8-6-17(7-9-18)10-19-12-21(15-25-19)13-23(14-21)20(24)11-16-4-2-1-3-5-16/h1-9,19H,10-15H2. The number of ether oxygens (including phenoxy) is 1. The van der Waals surface area contributed by atoms with Gasteiger partial charge in [0.1, 0.15) is 5.82 Å². The van der Waals surface area contributed by atoms with Crippen LogP contribution >= 0.6 is 0 Å². The number of likely N-dealkylation sites (tertiary alicyclic amines) is 1. The van der Waals surface area contributed by atoms with Crippen molar-refractivity contribution in [2.45, 2.75) is 25.4 Å². The fourth-order valence-corrected chi connectivity index (χ4v) is 3.95. The topological polar surface area (TPSA) is 29.5 Å². The average Bonchev–Trinajstić information content (AvgIpc) is 3.01. The molecule has 0 N–H and O–H groups in total. The molecule has 4 heteroatoms. The van der Waals surface area contributed by atoms with Gasteiger partial charge in [0, 0.05) is 18.5 Å². The zero-order valence-electron chi connectivity index (χ0n) is 14.2. The van der Waals surface area contributed by atoms with Crippen LogP contribution in [0.3, 0.4) is 0 Å². The molecule has 1 atom stereocenters. The predicted octanol–water partition coefficient (Wildman–Crippen LogP) is 3.23. The molecule has 1 spiro atoms. The molecule has 2 aromatic rings. The number of halogens is 1. The van der Waals surface area contributed by atoms with E-state index in [0.717, 1.165) is 37.1 Å². The number of carbonyl (C=O) groups excluding carboxylic acids is 1. The summed E-state index contributed by atoms with van der Waals surface area (Å²) in [6.45, 7) is 2.30. The molecule has 0 aliphatic carbocycles. The molecule has 130 valence electrons. The van der Waals surface area contributed by atoms with Crippen LogP contribution < -0.4 is 0 Å². The number of amides is 1. The Hall–Kier alpha value is -2.20. The van der Waals surface area contributed by atoms with Crippen molar-refractivity contribution < 1.29 is 13.9 Å². The van der Waals surface area contributed by atoms with Gasteiger partial charge in [-0.3, -0.25) is 4.79 Å². The SMILES string of the molecule is O=C(Cc1ccccc1)N1CC2(COC(Cc3ccc(F)cc3)C2)C1. The minimum Gasteiger partial charge on any atom is -0.377 e. The molecule has 3 nitrogen and oxygen atoms in total. The van der Waals surface area contributed by atoms with Crippen LogP contribution in [-0.4, -0.2) is 36.6 Å². The summed E-state index contributed by atoms with van der Waals surface area (Å²) < 4.78 is 19.0. The van der Waals surface area contributed by atoms with Crippen molar-refractivity contribution in [2.24, 2.45) is 5.41 Å². The summed E-state index contributed by atoms with van der Waals surface area (Å²) in [5.41, 5.74) is 2.28. The highest BCUT2D eigenvalue weighted by molar-refractivity contribution is 5.79. The Bertz CT molecular complexity index is 738. The summed E-state index contributed by atoms with van der Waals surface area (Å²) in [5, 5.41) is 0. The molecule has 2 fully saturated rings. The molecule has 4 rings (SSSR count). The maximum Gasteiger partial charge on any atom is 0.227 e. The summed E-state index contributed by atoms with van der Waals surface area (Å²) >= 11 is 0. The molecule has 0 saturated carbocycles. The van der Waals surface area contributed by atoms with Crippen molar-refractivity contribution in [1.29, 1.82) is 0 Å². The lowest BCUT2D eigenvalue weighted by atomic mass is 9.77. The minimum atomic E-state index is -0.209. The lowest BCUT2D eigenvalue weighted by Crippen LogP contribution is -2.59. The van der Waals surface area contributed by atoms with E-state index in [2.05, 4.69) is 0 Å². The normalized spacial score (nSPS) is 21.3. The van der Waals surface area contributed by atoms with Gasteiger partial charge in [-0.15, -0.1) is 0 Å². The summed E-state index contributed by atoms with van der Waals surface area (Å²) in [5.74, 6) is -0.0158. The molecule has 1 amide bonds. The smallest absolute Gasteiger partial charge is 0.227 e. The van der Waals surface area contributed by atoms with Crippen LogP contribution in [0.15, 0.2) is 54.6 Å². The second-order valence-electron chi connectivity index (χ2n) is 7.38. The first kappa shape index (κ1) is 16.3. The molecular weight excluding hydrogens is 317 g/mol. The van der Waals surface area contributed by atoms with E-state index in [9.17, 15) is 9.18 Å². The van der Waals surface area contributed by atoms with Crippen LogP contribution in [0, 0.1) is 11.2 Å². The van der Waals surface area contributed by atoms with Gasteiger partial charge in [0.15, 0.2) is 0 Å². The quantitative estimate of drug-likeness (QED) is 0.856. The second-order valence-corrected chi connectivity index (χ2v) is 7.38. The molecule has 0 radical (unpaired) electrons. The van der Waals surface area contributed by atoms with E-state index in [-0.39, 0.29) is 23.2 Å². The van der Waals surface area contributed by atoms with Gasteiger partial charge in [-0.2, -0.15) is 0 Å². The minimum absolute atomic E-state index is 0.122. The first-order valence-corrected chi connectivity index (χ1v) is 8.80. The third-order valence-electron chi connectivity index (χ3n) is 5.27. The molecule has 0 bridgehead atoms. The zero-order valence-corrected chi connectivity index (χ0v) is 14.2. The molecule has 0 aromatic heterocycles. The molecule has 1 unspecified atom stereocenters. The molecule has 2 heterocycles. The van der Waals surface area contributed by atoms with Crippen molar-refractivity contribution in [2.75, 3.05) is 19.7 Å². The van der Waals surface area contributed by atoms with Gasteiger partial charge in [0.2, 0.25) is 5.91 Å². The Morgan fingerprint density at radius 2 is 1.80 bits per heavy atom. The fraction of sp³-hybridized carbons (Fsp3) is 0.381. The first-order chi connectivity index (χ1) is 12.1. The van der Waals surface area contributed by atoms with Gasteiger partial charge >= 0.3 is 0 Å². The maximum absolute atomic E-state index is 13.0. The third kappa shape index (κ3) is 3.59. The first-order valence-electron chi connectivity index (χ1n) is 8.80. The van der Waals surface area contributed by atoms with Gasteiger partial charge in [-0.05, 0) is 36.1 Å². The van der Waals surface area contributed by atoms with Crippen LogP contribution in [-0.2, 0) is 22.4 Å². The van der Waals surface area contributed by atoms with E-state index in [1.165, 1.54) is 12.1 Å². The molecule has 2 aromatic carbocycles. The van der Waals surface area contributed by atoms with Crippen molar-refractivity contribution in [3.05, 3.63) is 71.5 Å². The van der Waals surface area contributed by atoms with Crippen molar-refractivity contribution in [3.63, 3.8) is 0 Å². The largest absolute Gasteiger partial charge is 0.377 e. The van der Waals surface area contributed by atoms with Crippen LogP contribution in [0.5, 0.6) is 0 Å². The Balaban J connectivity index is 1.28. The van der Waals surface area contributed by atoms with Crippen LogP contribution in [0.25, 0.3) is 0 Å². The Morgan fingerprint density at radius 1 is 1.08 bits per heavy atom. The molecule has 2 aliphatic heterocycles. The number of nitrogens with zero attached hydrogens (tertiary/aromatic N) is 1. The van der Waals surface area contributed by atoms with Crippen LogP contribution in [0.4, 0.5) is 4.39 Å². The van der Waals surface area contributed by atoms with E-state index in [0.29, 0.717) is 13.0 Å². The summed E-state index contributed by atoms with van der Waals surface area (Å²) in [6.07, 6.45) is 2.41. The summed E-state index contributed by atoms with van der Waals surface area (Å²) in [6, 6.07) is 16.5. The summed E-state index contributed by atoms with van der Waals surface area (Å²) in [7, 11) is 0. The number of hydrogen-bond acceptors (Lipinski definition) is 2. The van der Waals surface area contributed by atoms with Crippen molar-refractivity contribution in [3.8, 4) is 0 Å². The molecule has 2 saturated heterocycles. The monoisotopic (exact) mass is 339 g/mol. The van der Waals surface area contributed by atoms with E-state index >= 15 is 0 Å². The maximum atomic E-state index is 13.0. The number of benzene rings is 2. The van der Waals surface area contributed by atoms with E-state index < -0.39 is 0 Å². The van der Waals surface area contributed by atoms with Crippen molar-refractivity contribution >= 4 is 5.91 Å². The molecular formula is C21H22FNO2. The number of hydrogen-bond donors (Lipinski definition) is 0. The predicted molar refractivity (Wildman–Crippen MR) is 93.6 cm³/mol. The summed E-state index contributed by atoms with van der Waals surface area (Å²) in [4.78, 5) is 14.3. The fourth-order valence-electron chi connectivity index (χ4n) is 3.95. The highest BCUT2D eigenvalue weighted by Gasteiger charge is 2.50. The van der Waals surface area contributed by atoms with E-state index in [1.54, 1.807) is 0 Å². The van der Waals surface area contributed by atoms with Gasteiger partial charge in [0.25, 0.3) is 0 Å². The highest BCUT2D eigenvalue weighted by Crippen LogP contribution is 2.42. The van der Waals surface area contributed by atoms with E-state index in [4.69, 9.17) is 4.74 Å². The van der Waals surface area contributed by atoms with Gasteiger partial charge in [0.05, 0.1) is 19.1 Å². The molecule has 25 heavy (non-hydrogen) atoms. The van der Waals surface area contributed by atoms with Gasteiger partial charge in [-0.1, -0.05) is 42.5 Å². The highest BCUT2D eigenvalue weighted by atomic mass is 19.1. The number of carbonyl (C=O) groups is 1. The second kappa shape index (κ2) is 6.60. The van der Waals surface area contributed by atoms with E-state index in [1.807, 2.05) is 47.4 Å². The Morgan fingerprint density at radius 3 is 2.52 bits per heavy atom.